The van der Waals surface area contributed by atoms with Crippen LogP contribution in [0.4, 0.5) is 5.69 Å². The molecule has 0 aliphatic heterocycles. The van der Waals surface area contributed by atoms with Crippen molar-refractivity contribution < 1.29 is 19.2 Å². The number of carbonyl (C=O) groups excluding carboxylic acids is 2. The Hall–Kier alpha value is -3.42. The Morgan fingerprint density at radius 3 is 2.48 bits per heavy atom. The van der Waals surface area contributed by atoms with Crippen molar-refractivity contribution in [2.24, 2.45) is 0 Å². The number of hydrogen-bond acceptors (Lipinski definition) is 5. The van der Waals surface area contributed by atoms with Crippen LogP contribution in [0.5, 0.6) is 5.75 Å². The minimum Gasteiger partial charge on any atom is -0.490 e. The zero-order valence-electron chi connectivity index (χ0n) is 13.5. The first-order valence-electron chi connectivity index (χ1n) is 7.42. The first kappa shape index (κ1) is 17.9. The van der Waals surface area contributed by atoms with Crippen LogP contribution >= 0.6 is 0 Å². The van der Waals surface area contributed by atoms with E-state index in [1.807, 2.05) is 30.3 Å². The number of nitrogens with one attached hydrogen (secondary N) is 2. The van der Waals surface area contributed by atoms with Crippen molar-refractivity contribution in [2.45, 2.75) is 6.54 Å². The summed E-state index contributed by atoms with van der Waals surface area (Å²) in [5.74, 6) is -0.886. The topological polar surface area (TPSA) is 111 Å². The van der Waals surface area contributed by atoms with Gasteiger partial charge >= 0.3 is 5.69 Å². The molecular formula is C17H17N3O5. The van der Waals surface area contributed by atoms with Gasteiger partial charge in [0.2, 0.25) is 5.91 Å². The van der Waals surface area contributed by atoms with E-state index in [1.165, 1.54) is 19.2 Å². The van der Waals surface area contributed by atoms with E-state index in [0.717, 1.165) is 11.6 Å². The van der Waals surface area contributed by atoms with Crippen LogP contribution < -0.4 is 15.4 Å². The Bertz CT molecular complexity index is 777. The summed E-state index contributed by atoms with van der Waals surface area (Å²) in [5, 5.41) is 16.1. The standard InChI is InChI=1S/C17H17N3O5/c1-25-15-8-7-13(9-14(15)20(23)24)17(22)19-11-16(21)18-10-12-5-3-2-4-6-12/h2-9H,10-11H2,1H3,(H,18,21)(H,19,22). The lowest BCUT2D eigenvalue weighted by atomic mass is 10.1. The zero-order valence-corrected chi connectivity index (χ0v) is 13.5. The number of methoxy groups -OCH3 is 1. The van der Waals surface area contributed by atoms with Gasteiger partial charge in [0.05, 0.1) is 18.6 Å². The molecule has 0 saturated heterocycles. The molecule has 2 rings (SSSR count). The molecule has 2 N–H and O–H groups in total. The van der Waals surface area contributed by atoms with Gasteiger partial charge in [-0.2, -0.15) is 0 Å². The summed E-state index contributed by atoms with van der Waals surface area (Å²) in [6, 6.07) is 13.2. The summed E-state index contributed by atoms with van der Waals surface area (Å²) in [4.78, 5) is 34.2. The molecule has 0 heterocycles. The molecule has 25 heavy (non-hydrogen) atoms. The molecule has 0 fully saturated rings. The predicted octanol–water partition coefficient (Wildman–Crippen LogP) is 1.65. The van der Waals surface area contributed by atoms with Gasteiger partial charge in [0, 0.05) is 18.2 Å². The lowest BCUT2D eigenvalue weighted by Gasteiger charge is -2.08. The van der Waals surface area contributed by atoms with Gasteiger partial charge in [0.15, 0.2) is 5.75 Å². The Kier molecular flexibility index (Phi) is 6.05. The third-order valence-corrected chi connectivity index (χ3v) is 3.38. The van der Waals surface area contributed by atoms with Crippen molar-refractivity contribution in [3.8, 4) is 5.75 Å². The van der Waals surface area contributed by atoms with Crippen molar-refractivity contribution >= 4 is 17.5 Å². The molecule has 0 saturated carbocycles. The van der Waals surface area contributed by atoms with E-state index in [0.29, 0.717) is 6.54 Å². The monoisotopic (exact) mass is 343 g/mol. The second-order valence-electron chi connectivity index (χ2n) is 5.09. The molecule has 2 amide bonds. The van der Waals surface area contributed by atoms with Crippen molar-refractivity contribution in [1.29, 1.82) is 0 Å². The number of carbonyl (C=O) groups is 2. The molecule has 0 aliphatic carbocycles. The van der Waals surface area contributed by atoms with Gasteiger partial charge in [-0.25, -0.2) is 0 Å². The van der Waals surface area contributed by atoms with E-state index in [1.54, 1.807) is 0 Å². The van der Waals surface area contributed by atoms with Crippen LogP contribution in [0.2, 0.25) is 0 Å². The molecule has 0 spiro atoms. The van der Waals surface area contributed by atoms with Gasteiger partial charge in [-0.05, 0) is 17.7 Å². The lowest BCUT2D eigenvalue weighted by molar-refractivity contribution is -0.385. The maximum atomic E-state index is 12.0. The molecule has 0 aliphatic rings. The molecule has 2 aromatic carbocycles. The third kappa shape index (κ3) is 5.03. The number of benzene rings is 2. The smallest absolute Gasteiger partial charge is 0.311 e. The molecule has 0 aromatic heterocycles. The fourth-order valence-corrected chi connectivity index (χ4v) is 2.10. The number of nitrogens with zero attached hydrogens (tertiary/aromatic N) is 1. The molecule has 0 unspecified atom stereocenters. The number of nitro groups is 1. The fraction of sp³-hybridized carbons (Fsp3) is 0.176. The van der Waals surface area contributed by atoms with Gasteiger partial charge in [-0.15, -0.1) is 0 Å². The first-order valence-corrected chi connectivity index (χ1v) is 7.42. The number of hydrogen-bond donors (Lipinski definition) is 2. The Balaban J connectivity index is 1.90. The predicted molar refractivity (Wildman–Crippen MR) is 90.3 cm³/mol. The van der Waals surface area contributed by atoms with Gasteiger partial charge in [0.25, 0.3) is 5.91 Å². The maximum absolute atomic E-state index is 12.0. The summed E-state index contributed by atoms with van der Waals surface area (Å²) in [5.41, 5.74) is 0.694. The SMILES string of the molecule is COc1ccc(C(=O)NCC(=O)NCc2ccccc2)cc1[N+](=O)[O-]. The van der Waals surface area contributed by atoms with Crippen molar-refractivity contribution in [2.75, 3.05) is 13.7 Å². The van der Waals surface area contributed by atoms with Gasteiger partial charge in [0.1, 0.15) is 0 Å². The highest BCUT2D eigenvalue weighted by molar-refractivity contribution is 5.97. The second kappa shape index (κ2) is 8.44. The van der Waals surface area contributed by atoms with E-state index < -0.39 is 10.8 Å². The highest BCUT2D eigenvalue weighted by Crippen LogP contribution is 2.27. The van der Waals surface area contributed by atoms with Crippen LogP contribution in [-0.4, -0.2) is 30.4 Å². The number of ether oxygens (including phenoxy) is 1. The number of amides is 2. The van der Waals surface area contributed by atoms with Crippen molar-refractivity contribution in [3.05, 3.63) is 69.8 Å². The molecule has 2 aromatic rings. The summed E-state index contributed by atoms with van der Waals surface area (Å²) < 4.78 is 4.88. The molecular weight excluding hydrogens is 326 g/mol. The highest BCUT2D eigenvalue weighted by Gasteiger charge is 2.18. The van der Waals surface area contributed by atoms with E-state index in [4.69, 9.17) is 4.74 Å². The molecule has 0 bridgehead atoms. The quantitative estimate of drug-likeness (QED) is 0.587. The largest absolute Gasteiger partial charge is 0.490 e. The van der Waals surface area contributed by atoms with Crippen LogP contribution in [0.15, 0.2) is 48.5 Å². The lowest BCUT2D eigenvalue weighted by Crippen LogP contribution is -2.36. The summed E-state index contributed by atoms with van der Waals surface area (Å²) in [6.07, 6.45) is 0. The van der Waals surface area contributed by atoms with Crippen molar-refractivity contribution in [1.82, 2.24) is 10.6 Å². The van der Waals surface area contributed by atoms with Gasteiger partial charge < -0.3 is 15.4 Å². The number of nitro benzene ring substituents is 1. The van der Waals surface area contributed by atoms with E-state index >= 15 is 0 Å². The Morgan fingerprint density at radius 1 is 1.12 bits per heavy atom. The van der Waals surface area contributed by atoms with E-state index in [-0.39, 0.29) is 29.5 Å². The Labute approximate surface area is 144 Å². The molecule has 8 nitrogen and oxygen atoms in total. The highest BCUT2D eigenvalue weighted by atomic mass is 16.6. The van der Waals surface area contributed by atoms with Crippen LogP contribution in [0, 0.1) is 10.1 Å². The van der Waals surface area contributed by atoms with Crippen LogP contribution in [0.3, 0.4) is 0 Å². The van der Waals surface area contributed by atoms with Crippen LogP contribution in [-0.2, 0) is 11.3 Å². The van der Waals surface area contributed by atoms with Crippen LogP contribution in [0.1, 0.15) is 15.9 Å². The average molecular weight is 343 g/mol. The summed E-state index contributed by atoms with van der Waals surface area (Å²) in [6.45, 7) is 0.120. The first-order chi connectivity index (χ1) is 12.0. The van der Waals surface area contributed by atoms with Gasteiger partial charge in [-0.1, -0.05) is 30.3 Å². The zero-order chi connectivity index (χ0) is 18.2. The molecule has 0 radical (unpaired) electrons. The maximum Gasteiger partial charge on any atom is 0.311 e. The minimum absolute atomic E-state index is 0.0576. The fourth-order valence-electron chi connectivity index (χ4n) is 2.10. The van der Waals surface area contributed by atoms with Crippen molar-refractivity contribution in [3.63, 3.8) is 0 Å². The molecule has 130 valence electrons. The minimum atomic E-state index is -0.637. The Morgan fingerprint density at radius 2 is 1.84 bits per heavy atom. The number of rotatable bonds is 7. The van der Waals surface area contributed by atoms with Gasteiger partial charge in [-0.3, -0.25) is 19.7 Å². The third-order valence-electron chi connectivity index (χ3n) is 3.38. The summed E-state index contributed by atoms with van der Waals surface area (Å²) >= 11 is 0. The summed E-state index contributed by atoms with van der Waals surface area (Å²) in [7, 11) is 1.30. The van der Waals surface area contributed by atoms with Crippen LogP contribution in [0.25, 0.3) is 0 Å². The molecule has 0 atom stereocenters. The second-order valence-corrected chi connectivity index (χ2v) is 5.09. The normalized spacial score (nSPS) is 9.96. The molecule has 8 heteroatoms. The van der Waals surface area contributed by atoms with E-state index in [2.05, 4.69) is 10.6 Å². The van der Waals surface area contributed by atoms with E-state index in [9.17, 15) is 19.7 Å². The average Bonchev–Trinajstić information content (AvgIpc) is 2.64.